The van der Waals surface area contributed by atoms with Gasteiger partial charge < -0.3 is 24.9 Å². The predicted molar refractivity (Wildman–Crippen MR) is 133 cm³/mol. The van der Waals surface area contributed by atoms with Crippen molar-refractivity contribution < 1.29 is 15.0 Å². The van der Waals surface area contributed by atoms with Crippen molar-refractivity contribution in [2.45, 2.75) is 39.7 Å². The Labute approximate surface area is 190 Å². The molecule has 9 heteroatoms. The lowest BCUT2D eigenvalue weighted by molar-refractivity contribution is -0.128. The molecule has 3 rings (SSSR count). The summed E-state index contributed by atoms with van der Waals surface area (Å²) in [5, 5.41) is 22.4. The molecule has 2 unspecified atom stereocenters. The number of nitrogens with zero attached hydrogens (tertiary/aromatic N) is 2. The van der Waals surface area contributed by atoms with E-state index in [9.17, 15) is 9.90 Å². The van der Waals surface area contributed by atoms with E-state index in [0.29, 0.717) is 25.2 Å². The Balaban J connectivity index is 0.00000166. The fourth-order valence-corrected chi connectivity index (χ4v) is 4.94. The Kier molecular flexibility index (Phi) is 8.81. The molecule has 0 saturated heterocycles. The molecule has 1 amide bonds. The van der Waals surface area contributed by atoms with Crippen molar-refractivity contribution in [1.29, 1.82) is 0 Å². The van der Waals surface area contributed by atoms with Crippen LogP contribution in [0.15, 0.2) is 34.5 Å². The number of nitrogens with one attached hydrogen (secondary N) is 2. The number of aliphatic hydroxyl groups is 2. The first-order valence-corrected chi connectivity index (χ1v) is 12.2. The Morgan fingerprint density at radius 2 is 2.10 bits per heavy atom. The lowest BCUT2D eigenvalue weighted by Gasteiger charge is -2.35. The maximum Gasteiger partial charge on any atom is 0.261 e. The van der Waals surface area contributed by atoms with E-state index in [1.807, 2.05) is 45.2 Å². The van der Waals surface area contributed by atoms with Crippen LogP contribution in [0.5, 0.6) is 0 Å². The first-order chi connectivity index (χ1) is 14.8. The Hall–Kier alpha value is -2.20. The average Bonchev–Trinajstić information content (AvgIpc) is 2.99. The molecule has 7 nitrogen and oxygen atoms in total. The molecule has 2 atom stereocenters. The first-order valence-electron chi connectivity index (χ1n) is 9.94. The van der Waals surface area contributed by atoms with E-state index < -0.39 is 6.04 Å². The minimum Gasteiger partial charge on any atom is -0.509 e. The third-order valence-electron chi connectivity index (χ3n) is 4.84. The highest BCUT2D eigenvalue weighted by molar-refractivity contribution is 7.99. The summed E-state index contributed by atoms with van der Waals surface area (Å²) in [5.74, 6) is 2.95. The molecule has 168 valence electrons. The number of carbonyl (C=O) groups excluding carboxylic acids is 1. The Morgan fingerprint density at radius 1 is 1.39 bits per heavy atom. The van der Waals surface area contributed by atoms with Gasteiger partial charge in [-0.1, -0.05) is 32.7 Å². The summed E-state index contributed by atoms with van der Waals surface area (Å²) in [6.45, 7) is 6.57. The average molecular weight is 463 g/mol. The summed E-state index contributed by atoms with van der Waals surface area (Å²) in [7, 11) is 1.26. The monoisotopic (exact) mass is 462 g/mol. The van der Waals surface area contributed by atoms with Gasteiger partial charge in [-0.25, -0.2) is 4.99 Å². The number of aliphatic imine (C=N–C) groups is 1. The van der Waals surface area contributed by atoms with Crippen LogP contribution >= 0.6 is 20.7 Å². The van der Waals surface area contributed by atoms with Gasteiger partial charge in [0.15, 0.2) is 0 Å². The summed E-state index contributed by atoms with van der Waals surface area (Å²) in [5.41, 5.74) is 1.78. The molecule has 1 aromatic rings. The SMILES string of the molecule is C#CCCCN1C(=O)C(C2=Nc3ccc(NSC)cc3PN2)=C(O)C1C(C)(C)C.CO. The molecule has 0 saturated carbocycles. The second-order valence-electron chi connectivity index (χ2n) is 8.08. The zero-order chi connectivity index (χ0) is 23.2. The second kappa shape index (κ2) is 10.9. The summed E-state index contributed by atoms with van der Waals surface area (Å²) in [4.78, 5) is 19.6. The largest absolute Gasteiger partial charge is 0.509 e. The molecule has 1 aromatic carbocycles. The van der Waals surface area contributed by atoms with Crippen LogP contribution in [0.25, 0.3) is 0 Å². The van der Waals surface area contributed by atoms with Crippen molar-refractivity contribution >= 4 is 49.1 Å². The van der Waals surface area contributed by atoms with E-state index in [1.54, 1.807) is 4.90 Å². The van der Waals surface area contributed by atoms with E-state index in [-0.39, 0.29) is 31.4 Å². The normalized spacial score (nSPS) is 18.6. The summed E-state index contributed by atoms with van der Waals surface area (Å²) in [6.07, 6.45) is 8.63. The standard InChI is InChI=1S/C21H27N4O2PS.CH4O/c1-6-7-8-11-25-18(21(2,3)4)17(26)16(20(25)27)19-22-14-10-9-13(24-29-5)12-15(14)28-23-19;1-2/h1,9-10,12,18,24,26,28H,7-8,11H2,2-5H3,(H,22,23);2H,1H3. The van der Waals surface area contributed by atoms with Gasteiger partial charge in [-0.3, -0.25) is 4.79 Å². The van der Waals surface area contributed by atoms with E-state index >= 15 is 0 Å². The number of fused-ring (bicyclic) bond motifs is 1. The Bertz CT molecular complexity index is 918. The smallest absolute Gasteiger partial charge is 0.261 e. The summed E-state index contributed by atoms with van der Waals surface area (Å²) >= 11 is 1.53. The van der Waals surface area contributed by atoms with Gasteiger partial charge >= 0.3 is 0 Å². The summed E-state index contributed by atoms with van der Waals surface area (Å²) < 4.78 is 3.21. The molecule has 0 aliphatic carbocycles. The van der Waals surface area contributed by atoms with Crippen LogP contribution in [0.1, 0.15) is 33.6 Å². The zero-order valence-electron chi connectivity index (χ0n) is 18.6. The Morgan fingerprint density at radius 3 is 2.71 bits per heavy atom. The third kappa shape index (κ3) is 5.54. The van der Waals surface area contributed by atoms with Gasteiger partial charge in [-0.05, 0) is 30.0 Å². The molecule has 0 radical (unpaired) electrons. The number of hydrogen-bond acceptors (Lipinski definition) is 7. The van der Waals surface area contributed by atoms with Gasteiger partial charge in [-0.2, -0.15) is 0 Å². The number of anilines is 1. The minimum absolute atomic E-state index is 0.0865. The molecule has 2 aliphatic rings. The quantitative estimate of drug-likeness (QED) is 0.224. The van der Waals surface area contributed by atoms with Crippen LogP contribution in [0.3, 0.4) is 0 Å². The highest BCUT2D eigenvalue weighted by atomic mass is 32.2. The van der Waals surface area contributed by atoms with Crippen molar-refractivity contribution in [3.8, 4) is 12.3 Å². The lowest BCUT2D eigenvalue weighted by atomic mass is 9.85. The number of carbonyl (C=O) groups is 1. The molecule has 0 bridgehead atoms. The predicted octanol–water partition coefficient (Wildman–Crippen LogP) is 3.32. The maximum atomic E-state index is 13.2. The van der Waals surface area contributed by atoms with Gasteiger partial charge in [0, 0.05) is 46.1 Å². The number of terminal acetylenes is 1. The van der Waals surface area contributed by atoms with Crippen LogP contribution in [0, 0.1) is 17.8 Å². The fourth-order valence-electron chi connectivity index (χ4n) is 3.65. The summed E-state index contributed by atoms with van der Waals surface area (Å²) in [6, 6.07) is 5.54. The van der Waals surface area contributed by atoms with Gasteiger partial charge in [0.05, 0.1) is 11.7 Å². The van der Waals surface area contributed by atoms with Crippen molar-refractivity contribution in [2.75, 3.05) is 24.6 Å². The van der Waals surface area contributed by atoms with E-state index in [1.165, 1.54) is 11.9 Å². The van der Waals surface area contributed by atoms with E-state index in [0.717, 1.165) is 23.8 Å². The van der Waals surface area contributed by atoms with Gasteiger partial charge in [0.25, 0.3) is 5.91 Å². The molecule has 2 heterocycles. The molecule has 31 heavy (non-hydrogen) atoms. The highest BCUT2D eigenvalue weighted by Crippen LogP contribution is 2.38. The molecule has 4 N–H and O–H groups in total. The minimum atomic E-state index is -0.398. The second-order valence-corrected chi connectivity index (χ2v) is 9.73. The molecule has 0 spiro atoms. The number of hydrogen-bond donors (Lipinski definition) is 4. The molecule has 0 fully saturated rings. The van der Waals surface area contributed by atoms with Crippen molar-refractivity contribution in [3.05, 3.63) is 29.5 Å². The number of benzene rings is 1. The number of amides is 1. The topological polar surface area (TPSA) is 97.2 Å². The molecular formula is C22H31N4O3PS. The number of rotatable bonds is 6. The maximum absolute atomic E-state index is 13.2. The van der Waals surface area contributed by atoms with Gasteiger partial charge in [0.2, 0.25) is 0 Å². The molecule has 0 aromatic heterocycles. The van der Waals surface area contributed by atoms with Crippen molar-refractivity contribution in [3.63, 3.8) is 0 Å². The lowest BCUT2D eigenvalue weighted by Crippen LogP contribution is -2.44. The van der Waals surface area contributed by atoms with Crippen LogP contribution in [0.2, 0.25) is 0 Å². The number of amidine groups is 1. The first kappa shape index (κ1) is 25.1. The number of unbranched alkanes of at least 4 members (excludes halogenated alkanes) is 1. The van der Waals surface area contributed by atoms with E-state index in [4.69, 9.17) is 11.5 Å². The van der Waals surface area contributed by atoms with Crippen LogP contribution < -0.4 is 15.1 Å². The van der Waals surface area contributed by atoms with Gasteiger partial charge in [0.1, 0.15) is 17.2 Å². The van der Waals surface area contributed by atoms with Crippen LogP contribution in [-0.2, 0) is 4.79 Å². The third-order valence-corrected chi connectivity index (χ3v) is 6.31. The van der Waals surface area contributed by atoms with Crippen molar-refractivity contribution in [2.24, 2.45) is 10.4 Å². The van der Waals surface area contributed by atoms with E-state index in [2.05, 4.69) is 20.7 Å². The molecular weight excluding hydrogens is 431 g/mol. The zero-order valence-corrected chi connectivity index (χ0v) is 20.4. The fraction of sp³-hybridized carbons (Fsp3) is 0.455. The van der Waals surface area contributed by atoms with Crippen LogP contribution in [0.4, 0.5) is 11.4 Å². The van der Waals surface area contributed by atoms with Crippen LogP contribution in [-0.4, -0.2) is 52.8 Å². The molecule has 2 aliphatic heterocycles. The van der Waals surface area contributed by atoms with Crippen molar-refractivity contribution in [1.82, 2.24) is 9.99 Å². The van der Waals surface area contributed by atoms with Gasteiger partial charge in [-0.15, -0.1) is 12.3 Å². The number of aliphatic hydroxyl groups excluding tert-OH is 2. The highest BCUT2D eigenvalue weighted by Gasteiger charge is 2.47.